The molecule has 1 aromatic carbocycles. The number of carbonyl (C=O) groups excluding carboxylic acids is 1. The molecule has 1 heterocycles. The summed E-state index contributed by atoms with van der Waals surface area (Å²) >= 11 is 0. The molecule has 0 bridgehead atoms. The summed E-state index contributed by atoms with van der Waals surface area (Å²) in [5, 5.41) is 17.0. The lowest BCUT2D eigenvalue weighted by Gasteiger charge is -2.11. The van der Waals surface area contributed by atoms with Gasteiger partial charge in [0.2, 0.25) is 5.91 Å². The normalized spacial score (nSPS) is 12.2. The van der Waals surface area contributed by atoms with Crippen LogP contribution in [-0.2, 0) is 11.3 Å². The van der Waals surface area contributed by atoms with Gasteiger partial charge in [-0.15, -0.1) is 0 Å². The number of aliphatic hydroxyl groups excluding tert-OH is 1. The van der Waals surface area contributed by atoms with E-state index in [2.05, 4.69) is 17.3 Å². The molecule has 0 aliphatic carbocycles. The third kappa shape index (κ3) is 4.63. The first-order chi connectivity index (χ1) is 11.0. The van der Waals surface area contributed by atoms with Crippen LogP contribution in [-0.4, -0.2) is 20.8 Å². The highest BCUT2D eigenvalue weighted by atomic mass is 19.1. The number of nitrogens with zero attached hydrogens (tertiary/aromatic N) is 2. The van der Waals surface area contributed by atoms with Gasteiger partial charge >= 0.3 is 0 Å². The molecule has 0 spiro atoms. The molecule has 0 radical (unpaired) electrons. The number of aromatic nitrogens is 2. The Kier molecular flexibility index (Phi) is 5.87. The summed E-state index contributed by atoms with van der Waals surface area (Å²) in [5.74, 6) is -0.769. The van der Waals surface area contributed by atoms with Gasteiger partial charge in [0.25, 0.3) is 0 Å². The quantitative estimate of drug-likeness (QED) is 0.823. The van der Waals surface area contributed by atoms with Crippen LogP contribution in [0.4, 0.5) is 10.1 Å². The third-order valence-electron chi connectivity index (χ3n) is 3.71. The highest BCUT2D eigenvalue weighted by Crippen LogP contribution is 2.20. The molecule has 23 heavy (non-hydrogen) atoms. The summed E-state index contributed by atoms with van der Waals surface area (Å²) in [4.78, 5) is 12.1. The van der Waals surface area contributed by atoms with E-state index >= 15 is 0 Å². The van der Waals surface area contributed by atoms with E-state index in [9.17, 15) is 14.3 Å². The van der Waals surface area contributed by atoms with Crippen molar-refractivity contribution in [1.29, 1.82) is 0 Å². The van der Waals surface area contributed by atoms with E-state index in [1.807, 2.05) is 11.6 Å². The van der Waals surface area contributed by atoms with Crippen LogP contribution in [0.2, 0.25) is 0 Å². The first-order valence-corrected chi connectivity index (χ1v) is 7.77. The fourth-order valence-corrected chi connectivity index (χ4v) is 2.31. The molecular weight excluding hydrogens is 297 g/mol. The van der Waals surface area contributed by atoms with Crippen LogP contribution < -0.4 is 5.32 Å². The van der Waals surface area contributed by atoms with Crippen molar-refractivity contribution in [2.45, 2.75) is 45.8 Å². The summed E-state index contributed by atoms with van der Waals surface area (Å²) in [6.07, 6.45) is 2.52. The van der Waals surface area contributed by atoms with Gasteiger partial charge in [0.1, 0.15) is 5.82 Å². The van der Waals surface area contributed by atoms with E-state index in [0.717, 1.165) is 25.1 Å². The van der Waals surface area contributed by atoms with Crippen LogP contribution in [0.3, 0.4) is 0 Å². The second-order valence-corrected chi connectivity index (χ2v) is 5.54. The van der Waals surface area contributed by atoms with E-state index < -0.39 is 11.9 Å². The fourth-order valence-electron chi connectivity index (χ4n) is 2.31. The van der Waals surface area contributed by atoms with Gasteiger partial charge in [0, 0.05) is 6.54 Å². The van der Waals surface area contributed by atoms with Crippen LogP contribution >= 0.6 is 0 Å². The zero-order valence-electron chi connectivity index (χ0n) is 13.4. The lowest BCUT2D eigenvalue weighted by Crippen LogP contribution is -2.16. The SMILES string of the molecule is CCCCn1ncc(NC(=O)CC(O)c2cccc(F)c2)c1C. The predicted octanol–water partition coefficient (Wildman–Crippen LogP) is 3.19. The summed E-state index contributed by atoms with van der Waals surface area (Å²) in [6, 6.07) is 5.62. The molecule has 2 N–H and O–H groups in total. The summed E-state index contributed by atoms with van der Waals surface area (Å²) in [5.41, 5.74) is 1.90. The number of unbranched alkanes of at least 4 members (excludes halogenated alkanes) is 1. The largest absolute Gasteiger partial charge is 0.388 e. The monoisotopic (exact) mass is 319 g/mol. The van der Waals surface area contributed by atoms with Crippen LogP contribution in [0.25, 0.3) is 0 Å². The number of aliphatic hydroxyl groups is 1. The van der Waals surface area contributed by atoms with Crippen molar-refractivity contribution in [3.63, 3.8) is 0 Å². The van der Waals surface area contributed by atoms with Crippen molar-refractivity contribution in [3.8, 4) is 0 Å². The molecule has 0 saturated heterocycles. The van der Waals surface area contributed by atoms with Crippen molar-refractivity contribution < 1.29 is 14.3 Å². The smallest absolute Gasteiger partial charge is 0.227 e. The number of benzene rings is 1. The molecule has 6 heteroatoms. The maximum Gasteiger partial charge on any atom is 0.227 e. The van der Waals surface area contributed by atoms with Crippen molar-refractivity contribution >= 4 is 11.6 Å². The maximum atomic E-state index is 13.1. The number of halogens is 1. The standard InChI is InChI=1S/C17H22FN3O2/c1-3-4-8-21-12(2)15(11-19-21)20-17(23)10-16(22)13-6-5-7-14(18)9-13/h5-7,9,11,16,22H,3-4,8,10H2,1-2H3,(H,20,23). The minimum atomic E-state index is -1.04. The Morgan fingerprint density at radius 1 is 1.48 bits per heavy atom. The number of anilines is 1. The summed E-state index contributed by atoms with van der Waals surface area (Å²) < 4.78 is 15.0. The Hall–Kier alpha value is -2.21. The Morgan fingerprint density at radius 3 is 2.96 bits per heavy atom. The number of nitrogens with one attached hydrogen (secondary N) is 1. The van der Waals surface area contributed by atoms with E-state index in [-0.39, 0.29) is 12.3 Å². The van der Waals surface area contributed by atoms with Gasteiger partial charge in [0.15, 0.2) is 0 Å². The minimum Gasteiger partial charge on any atom is -0.388 e. The molecule has 1 aromatic heterocycles. The molecule has 0 fully saturated rings. The number of carbonyl (C=O) groups is 1. The molecular formula is C17H22FN3O2. The van der Waals surface area contributed by atoms with Crippen molar-refractivity contribution in [2.24, 2.45) is 0 Å². The van der Waals surface area contributed by atoms with Crippen LogP contribution in [0, 0.1) is 12.7 Å². The van der Waals surface area contributed by atoms with Crippen LogP contribution in [0.15, 0.2) is 30.5 Å². The first kappa shape index (κ1) is 17.1. The van der Waals surface area contributed by atoms with Crippen LogP contribution in [0.1, 0.15) is 43.5 Å². The van der Waals surface area contributed by atoms with Crippen LogP contribution in [0.5, 0.6) is 0 Å². The first-order valence-electron chi connectivity index (χ1n) is 7.77. The highest BCUT2D eigenvalue weighted by molar-refractivity contribution is 5.91. The summed E-state index contributed by atoms with van der Waals surface area (Å²) in [7, 11) is 0. The average Bonchev–Trinajstić information content (AvgIpc) is 2.85. The predicted molar refractivity (Wildman–Crippen MR) is 86.5 cm³/mol. The zero-order chi connectivity index (χ0) is 16.8. The Bertz CT molecular complexity index is 670. The molecule has 1 unspecified atom stereocenters. The second kappa shape index (κ2) is 7.87. The molecule has 0 aliphatic heterocycles. The van der Waals surface area contributed by atoms with E-state index in [0.29, 0.717) is 11.3 Å². The van der Waals surface area contributed by atoms with E-state index in [4.69, 9.17) is 0 Å². The summed E-state index contributed by atoms with van der Waals surface area (Å²) in [6.45, 7) is 4.81. The Labute approximate surface area is 135 Å². The van der Waals surface area contributed by atoms with Gasteiger partial charge in [-0.2, -0.15) is 5.10 Å². The van der Waals surface area contributed by atoms with Crippen molar-refractivity contribution in [2.75, 3.05) is 5.32 Å². The van der Waals surface area contributed by atoms with Gasteiger partial charge in [-0.25, -0.2) is 4.39 Å². The van der Waals surface area contributed by atoms with Crippen molar-refractivity contribution in [3.05, 3.63) is 47.5 Å². The number of hydrogen-bond acceptors (Lipinski definition) is 3. The molecule has 124 valence electrons. The van der Waals surface area contributed by atoms with Crippen molar-refractivity contribution in [1.82, 2.24) is 9.78 Å². The number of amides is 1. The molecule has 1 amide bonds. The zero-order valence-corrected chi connectivity index (χ0v) is 13.4. The number of rotatable bonds is 7. The van der Waals surface area contributed by atoms with Gasteiger partial charge in [-0.05, 0) is 31.0 Å². The molecule has 0 aliphatic rings. The Balaban J connectivity index is 1.95. The number of aryl methyl sites for hydroxylation is 1. The second-order valence-electron chi connectivity index (χ2n) is 5.54. The lowest BCUT2D eigenvalue weighted by atomic mass is 10.1. The topological polar surface area (TPSA) is 67.2 Å². The highest BCUT2D eigenvalue weighted by Gasteiger charge is 2.15. The van der Waals surface area contributed by atoms with E-state index in [1.54, 1.807) is 12.3 Å². The van der Waals surface area contributed by atoms with Gasteiger partial charge in [0.05, 0.1) is 30.1 Å². The van der Waals surface area contributed by atoms with Gasteiger partial charge < -0.3 is 10.4 Å². The molecule has 1 atom stereocenters. The fraction of sp³-hybridized carbons (Fsp3) is 0.412. The third-order valence-corrected chi connectivity index (χ3v) is 3.71. The van der Waals surface area contributed by atoms with Gasteiger partial charge in [-0.3, -0.25) is 9.48 Å². The number of hydrogen-bond donors (Lipinski definition) is 2. The maximum absolute atomic E-state index is 13.1. The lowest BCUT2D eigenvalue weighted by molar-refractivity contribution is -0.118. The molecule has 2 rings (SSSR count). The van der Waals surface area contributed by atoms with E-state index in [1.165, 1.54) is 18.2 Å². The van der Waals surface area contributed by atoms with Gasteiger partial charge in [-0.1, -0.05) is 25.5 Å². The molecule has 2 aromatic rings. The average molecular weight is 319 g/mol. The molecule has 0 saturated carbocycles. The molecule has 5 nitrogen and oxygen atoms in total. The minimum absolute atomic E-state index is 0.136. The Morgan fingerprint density at radius 2 is 2.26 bits per heavy atom.